The first-order chi connectivity index (χ1) is 13.1. The summed E-state index contributed by atoms with van der Waals surface area (Å²) in [7, 11) is 0. The lowest BCUT2D eigenvalue weighted by Crippen LogP contribution is -2.22. The fraction of sp³-hybridized carbons (Fsp3) is 0.316. The summed E-state index contributed by atoms with van der Waals surface area (Å²) in [6.45, 7) is 0.878. The molecule has 3 rings (SSSR count). The summed E-state index contributed by atoms with van der Waals surface area (Å²) in [6, 6.07) is 12.3. The van der Waals surface area contributed by atoms with E-state index >= 15 is 0 Å². The van der Waals surface area contributed by atoms with E-state index in [2.05, 4.69) is 10.3 Å². The molecule has 0 saturated carbocycles. The van der Waals surface area contributed by atoms with E-state index in [0.29, 0.717) is 30.5 Å². The van der Waals surface area contributed by atoms with E-state index < -0.39 is 13.0 Å². The Morgan fingerprint density at radius 3 is 2.71 bits per heavy atom. The first-order valence-corrected chi connectivity index (χ1v) is 8.56. The summed E-state index contributed by atoms with van der Waals surface area (Å²) in [5.74, 6) is 1.96. The minimum absolute atomic E-state index is 0. The predicted molar refractivity (Wildman–Crippen MR) is 114 cm³/mol. The van der Waals surface area contributed by atoms with Crippen molar-refractivity contribution in [3.8, 4) is 17.2 Å². The SMILES string of the molecule is I.NC(=NCc1cccc(OCC(F)F)c1)Nc1ccc2c(c1)OCCCO2. The van der Waals surface area contributed by atoms with E-state index in [9.17, 15) is 8.78 Å². The van der Waals surface area contributed by atoms with Crippen LogP contribution in [0.3, 0.4) is 0 Å². The number of halogens is 3. The fourth-order valence-corrected chi connectivity index (χ4v) is 2.50. The second-order valence-electron chi connectivity index (χ2n) is 5.89. The van der Waals surface area contributed by atoms with Gasteiger partial charge in [0, 0.05) is 18.2 Å². The molecule has 6 nitrogen and oxygen atoms in total. The average Bonchev–Trinajstić information content (AvgIpc) is 2.90. The number of hydrogen-bond acceptors (Lipinski definition) is 4. The van der Waals surface area contributed by atoms with Gasteiger partial charge < -0.3 is 25.3 Å². The van der Waals surface area contributed by atoms with Gasteiger partial charge in [-0.15, -0.1) is 24.0 Å². The predicted octanol–water partition coefficient (Wildman–Crippen LogP) is 4.04. The van der Waals surface area contributed by atoms with Crippen LogP contribution < -0.4 is 25.3 Å². The Balaban J connectivity index is 0.00000280. The zero-order valence-electron chi connectivity index (χ0n) is 15.1. The van der Waals surface area contributed by atoms with Crippen LogP contribution in [0.5, 0.6) is 17.2 Å². The Bertz CT molecular complexity index is 806. The molecule has 1 aliphatic heterocycles. The number of fused-ring (bicyclic) bond motifs is 1. The third kappa shape index (κ3) is 6.70. The van der Waals surface area contributed by atoms with Gasteiger partial charge in [0.05, 0.1) is 19.8 Å². The molecular formula is C19H22F2IN3O3. The maximum absolute atomic E-state index is 12.2. The van der Waals surface area contributed by atoms with Crippen molar-refractivity contribution in [3.05, 3.63) is 48.0 Å². The lowest BCUT2D eigenvalue weighted by atomic mass is 10.2. The van der Waals surface area contributed by atoms with Crippen molar-refractivity contribution >= 4 is 35.6 Å². The number of guanidine groups is 1. The van der Waals surface area contributed by atoms with Crippen molar-refractivity contribution in [2.75, 3.05) is 25.1 Å². The van der Waals surface area contributed by atoms with Crippen LogP contribution in [0.25, 0.3) is 0 Å². The van der Waals surface area contributed by atoms with Crippen molar-refractivity contribution in [1.29, 1.82) is 0 Å². The fourth-order valence-electron chi connectivity index (χ4n) is 2.50. The van der Waals surface area contributed by atoms with Crippen LogP contribution in [0.15, 0.2) is 47.5 Å². The van der Waals surface area contributed by atoms with Crippen molar-refractivity contribution in [2.45, 2.75) is 19.4 Å². The maximum atomic E-state index is 12.2. The molecule has 0 fully saturated rings. The highest BCUT2D eigenvalue weighted by molar-refractivity contribution is 14.0. The average molecular weight is 505 g/mol. The van der Waals surface area contributed by atoms with Gasteiger partial charge in [-0.25, -0.2) is 13.8 Å². The molecule has 1 aliphatic rings. The third-order valence-electron chi connectivity index (χ3n) is 3.73. The van der Waals surface area contributed by atoms with Gasteiger partial charge in [-0.3, -0.25) is 0 Å². The van der Waals surface area contributed by atoms with E-state index in [1.54, 1.807) is 18.2 Å². The normalized spacial score (nSPS) is 13.5. The summed E-state index contributed by atoms with van der Waals surface area (Å²) >= 11 is 0. The van der Waals surface area contributed by atoms with Gasteiger partial charge >= 0.3 is 0 Å². The number of hydrogen-bond donors (Lipinski definition) is 2. The molecule has 0 radical (unpaired) electrons. The number of benzene rings is 2. The molecule has 2 aromatic rings. The molecule has 0 aliphatic carbocycles. The molecule has 0 spiro atoms. The van der Waals surface area contributed by atoms with Gasteiger partial charge in [-0.1, -0.05) is 12.1 Å². The number of nitrogens with one attached hydrogen (secondary N) is 1. The zero-order valence-corrected chi connectivity index (χ0v) is 17.4. The molecule has 2 aromatic carbocycles. The van der Waals surface area contributed by atoms with E-state index in [1.807, 2.05) is 24.3 Å². The molecule has 0 atom stereocenters. The van der Waals surface area contributed by atoms with Crippen LogP contribution in [0.1, 0.15) is 12.0 Å². The maximum Gasteiger partial charge on any atom is 0.272 e. The summed E-state index contributed by atoms with van der Waals surface area (Å²) in [5, 5.41) is 3.00. The van der Waals surface area contributed by atoms with Gasteiger partial charge in [-0.05, 0) is 29.8 Å². The molecule has 0 bridgehead atoms. The minimum atomic E-state index is -2.51. The Morgan fingerprint density at radius 2 is 1.93 bits per heavy atom. The molecule has 152 valence electrons. The number of nitrogens with zero attached hydrogens (tertiary/aromatic N) is 1. The standard InChI is InChI=1S/C19H21F2N3O3.HI/c20-18(21)12-27-15-4-1-3-13(9-15)11-23-19(22)24-14-5-6-16-17(10-14)26-8-2-7-25-16;/h1,3-6,9-10,18H,2,7-8,11-12H2,(H3,22,23,24);1H. The summed E-state index contributed by atoms with van der Waals surface area (Å²) < 4.78 is 40.7. The smallest absolute Gasteiger partial charge is 0.272 e. The molecule has 28 heavy (non-hydrogen) atoms. The van der Waals surface area contributed by atoms with E-state index in [1.165, 1.54) is 0 Å². The number of aliphatic imine (C=N–C) groups is 1. The molecule has 0 saturated heterocycles. The largest absolute Gasteiger partial charge is 0.490 e. The molecule has 0 unspecified atom stereocenters. The topological polar surface area (TPSA) is 78.1 Å². The molecule has 0 aromatic heterocycles. The molecular weight excluding hydrogens is 483 g/mol. The van der Waals surface area contributed by atoms with Gasteiger partial charge in [-0.2, -0.15) is 0 Å². The lowest BCUT2D eigenvalue weighted by Gasteiger charge is -2.11. The van der Waals surface area contributed by atoms with E-state index in [0.717, 1.165) is 17.7 Å². The number of rotatable bonds is 6. The highest BCUT2D eigenvalue weighted by atomic mass is 127. The second kappa shape index (κ2) is 10.9. The molecule has 9 heteroatoms. The first kappa shape index (κ1) is 22.0. The van der Waals surface area contributed by atoms with Gasteiger partial charge in [0.25, 0.3) is 6.43 Å². The van der Waals surface area contributed by atoms with Crippen molar-refractivity contribution in [2.24, 2.45) is 10.7 Å². The summed E-state index contributed by atoms with van der Waals surface area (Å²) in [5.41, 5.74) is 7.46. The lowest BCUT2D eigenvalue weighted by molar-refractivity contribution is 0.0818. The van der Waals surface area contributed by atoms with E-state index in [-0.39, 0.29) is 36.5 Å². The highest BCUT2D eigenvalue weighted by Crippen LogP contribution is 2.32. The van der Waals surface area contributed by atoms with E-state index in [4.69, 9.17) is 19.9 Å². The second-order valence-corrected chi connectivity index (χ2v) is 5.89. The Morgan fingerprint density at radius 1 is 1.14 bits per heavy atom. The van der Waals surface area contributed by atoms with Gasteiger partial charge in [0.1, 0.15) is 12.4 Å². The number of alkyl halides is 2. The Hall–Kier alpha value is -2.30. The van der Waals surface area contributed by atoms with Gasteiger partial charge in [0.2, 0.25) is 0 Å². The first-order valence-electron chi connectivity index (χ1n) is 8.56. The number of anilines is 1. The van der Waals surface area contributed by atoms with Gasteiger partial charge in [0.15, 0.2) is 17.5 Å². The van der Waals surface area contributed by atoms with Crippen molar-refractivity contribution < 1.29 is 23.0 Å². The van der Waals surface area contributed by atoms with Crippen LogP contribution >= 0.6 is 24.0 Å². The monoisotopic (exact) mass is 505 g/mol. The van der Waals surface area contributed by atoms with Crippen LogP contribution in [0, 0.1) is 0 Å². The third-order valence-corrected chi connectivity index (χ3v) is 3.73. The zero-order chi connectivity index (χ0) is 19.1. The number of nitrogens with two attached hydrogens (primary N) is 1. The van der Waals surface area contributed by atoms with Crippen LogP contribution in [-0.2, 0) is 6.54 Å². The summed E-state index contributed by atoms with van der Waals surface area (Å²) in [6.07, 6.45) is -1.68. The van der Waals surface area contributed by atoms with Crippen LogP contribution in [-0.4, -0.2) is 32.2 Å². The van der Waals surface area contributed by atoms with Crippen molar-refractivity contribution in [1.82, 2.24) is 0 Å². The van der Waals surface area contributed by atoms with Crippen LogP contribution in [0.4, 0.5) is 14.5 Å². The Labute approximate surface area is 179 Å². The summed E-state index contributed by atoms with van der Waals surface area (Å²) in [4.78, 5) is 4.26. The quantitative estimate of drug-likeness (QED) is 0.352. The molecule has 0 amide bonds. The highest BCUT2D eigenvalue weighted by Gasteiger charge is 2.11. The number of ether oxygens (including phenoxy) is 3. The van der Waals surface area contributed by atoms with Crippen LogP contribution in [0.2, 0.25) is 0 Å². The molecule has 1 heterocycles. The van der Waals surface area contributed by atoms with Crippen molar-refractivity contribution in [3.63, 3.8) is 0 Å². The Kier molecular flexibility index (Phi) is 8.55. The molecule has 3 N–H and O–H groups in total. The minimum Gasteiger partial charge on any atom is -0.490 e.